The molecule has 0 spiro atoms. The van der Waals surface area contributed by atoms with Crippen molar-refractivity contribution in [3.8, 4) is 5.75 Å². The molecule has 1 aliphatic heterocycles. The third-order valence-electron chi connectivity index (χ3n) is 5.30. The van der Waals surface area contributed by atoms with Crippen LogP contribution in [0.15, 0.2) is 64.8 Å². The lowest BCUT2D eigenvalue weighted by Crippen LogP contribution is -2.29. The molecule has 1 fully saturated rings. The third-order valence-corrected chi connectivity index (χ3v) is 5.71. The average molecular weight is 438 g/mol. The lowest BCUT2D eigenvalue weighted by Gasteiger charge is -2.24. The van der Waals surface area contributed by atoms with Crippen LogP contribution in [0.3, 0.4) is 0 Å². The number of anilines is 1. The van der Waals surface area contributed by atoms with Gasteiger partial charge < -0.3 is 14.3 Å². The third kappa shape index (κ3) is 3.49. The molecule has 1 atom stereocenters. The smallest absolute Gasteiger partial charge is 0.300 e. The number of aliphatic hydroxyl groups excluding tert-OH is 1. The van der Waals surface area contributed by atoms with Gasteiger partial charge in [-0.1, -0.05) is 29.3 Å². The van der Waals surface area contributed by atoms with E-state index in [1.165, 1.54) is 18.3 Å². The molecule has 158 valence electrons. The fourth-order valence-electron chi connectivity index (χ4n) is 3.70. The first-order valence-corrected chi connectivity index (χ1v) is 9.97. The lowest BCUT2D eigenvalue weighted by atomic mass is 9.97. The number of benzene rings is 2. The predicted octanol–water partition coefficient (Wildman–Crippen LogP) is 5.18. The highest BCUT2D eigenvalue weighted by atomic mass is 35.5. The molecule has 2 aromatic carbocycles. The molecule has 1 aliphatic rings. The Labute approximate surface area is 184 Å². The molecule has 3 aromatic rings. The number of amides is 1. The molecule has 7 heteroatoms. The van der Waals surface area contributed by atoms with Crippen molar-refractivity contribution in [1.82, 2.24) is 0 Å². The fraction of sp³-hybridized carbons (Fsp3) is 0.167. The quantitative estimate of drug-likeness (QED) is 0.345. The van der Waals surface area contributed by atoms with E-state index in [4.69, 9.17) is 20.8 Å². The maximum Gasteiger partial charge on any atom is 0.300 e. The number of aliphatic hydroxyl groups is 1. The van der Waals surface area contributed by atoms with E-state index < -0.39 is 17.7 Å². The summed E-state index contributed by atoms with van der Waals surface area (Å²) in [5.41, 5.74) is 2.35. The summed E-state index contributed by atoms with van der Waals surface area (Å²) in [5.74, 6) is -1.22. The molecule has 0 saturated carbocycles. The number of furan rings is 1. The maximum atomic E-state index is 13.1. The molecule has 4 rings (SSSR count). The monoisotopic (exact) mass is 437 g/mol. The Morgan fingerprint density at radius 2 is 1.90 bits per heavy atom. The Morgan fingerprint density at radius 1 is 1.13 bits per heavy atom. The summed E-state index contributed by atoms with van der Waals surface area (Å²) in [7, 11) is 1.47. The second kappa shape index (κ2) is 7.96. The average Bonchev–Trinajstić information content (AvgIpc) is 3.37. The SMILES string of the molecule is COc1ccc(C)cc1/C(O)=C1/C(=O)C(=O)N(c2ccc(C)c(Cl)c2)C1c1ccco1. The molecular weight excluding hydrogens is 418 g/mol. The Balaban J connectivity index is 1.97. The van der Waals surface area contributed by atoms with Gasteiger partial charge in [0.2, 0.25) is 0 Å². The molecule has 1 unspecified atom stereocenters. The van der Waals surface area contributed by atoms with E-state index in [1.54, 1.807) is 42.5 Å². The molecule has 1 N–H and O–H groups in total. The van der Waals surface area contributed by atoms with Crippen molar-refractivity contribution in [3.63, 3.8) is 0 Å². The van der Waals surface area contributed by atoms with Crippen LogP contribution in [0.2, 0.25) is 5.02 Å². The van der Waals surface area contributed by atoms with Crippen LogP contribution in [0.1, 0.15) is 28.5 Å². The number of ketones is 1. The summed E-state index contributed by atoms with van der Waals surface area (Å²) >= 11 is 6.28. The Morgan fingerprint density at radius 3 is 2.55 bits per heavy atom. The van der Waals surface area contributed by atoms with Crippen LogP contribution in [0, 0.1) is 13.8 Å². The van der Waals surface area contributed by atoms with Gasteiger partial charge in [0.05, 0.1) is 24.5 Å². The fourth-order valence-corrected chi connectivity index (χ4v) is 3.87. The van der Waals surface area contributed by atoms with Gasteiger partial charge in [-0.15, -0.1) is 0 Å². The zero-order valence-electron chi connectivity index (χ0n) is 17.2. The summed E-state index contributed by atoms with van der Waals surface area (Å²) < 4.78 is 10.9. The number of nitrogens with zero attached hydrogens (tertiary/aromatic N) is 1. The van der Waals surface area contributed by atoms with E-state index in [2.05, 4.69) is 0 Å². The Kier molecular flexibility index (Phi) is 5.33. The second-order valence-electron chi connectivity index (χ2n) is 7.32. The lowest BCUT2D eigenvalue weighted by molar-refractivity contribution is -0.132. The highest BCUT2D eigenvalue weighted by Gasteiger charge is 2.48. The summed E-state index contributed by atoms with van der Waals surface area (Å²) in [6, 6.07) is 12.7. The van der Waals surface area contributed by atoms with Crippen molar-refractivity contribution in [2.24, 2.45) is 0 Å². The van der Waals surface area contributed by atoms with E-state index in [0.29, 0.717) is 27.8 Å². The highest BCUT2D eigenvalue weighted by Crippen LogP contribution is 2.44. The molecule has 31 heavy (non-hydrogen) atoms. The van der Waals surface area contributed by atoms with Gasteiger partial charge in [-0.3, -0.25) is 14.5 Å². The topological polar surface area (TPSA) is 80.0 Å². The van der Waals surface area contributed by atoms with E-state index in [1.807, 2.05) is 19.9 Å². The van der Waals surface area contributed by atoms with Crippen LogP contribution in [-0.2, 0) is 9.59 Å². The van der Waals surface area contributed by atoms with E-state index >= 15 is 0 Å². The normalized spacial score (nSPS) is 17.9. The zero-order valence-corrected chi connectivity index (χ0v) is 17.9. The summed E-state index contributed by atoms with van der Waals surface area (Å²) in [6.45, 7) is 3.70. The predicted molar refractivity (Wildman–Crippen MR) is 117 cm³/mol. The van der Waals surface area contributed by atoms with Gasteiger partial charge in [-0.05, 0) is 55.8 Å². The number of methoxy groups -OCH3 is 1. The number of aryl methyl sites for hydroxylation is 2. The number of hydrogen-bond donors (Lipinski definition) is 1. The Hall–Kier alpha value is -3.51. The second-order valence-corrected chi connectivity index (χ2v) is 7.73. The van der Waals surface area contributed by atoms with Crippen molar-refractivity contribution in [2.45, 2.75) is 19.9 Å². The first-order chi connectivity index (χ1) is 14.8. The molecule has 0 radical (unpaired) electrons. The zero-order chi connectivity index (χ0) is 22.3. The molecule has 0 bridgehead atoms. The molecule has 1 amide bonds. The van der Waals surface area contributed by atoms with E-state index in [9.17, 15) is 14.7 Å². The molecule has 0 aliphatic carbocycles. The van der Waals surface area contributed by atoms with Gasteiger partial charge in [0, 0.05) is 10.7 Å². The minimum atomic E-state index is -0.959. The number of rotatable bonds is 4. The molecular formula is C24H20ClNO5. The molecule has 1 aromatic heterocycles. The maximum absolute atomic E-state index is 13.1. The Bertz CT molecular complexity index is 1210. The van der Waals surface area contributed by atoms with Gasteiger partial charge in [0.25, 0.3) is 11.7 Å². The first-order valence-electron chi connectivity index (χ1n) is 9.59. The number of halogens is 1. The van der Waals surface area contributed by atoms with Crippen molar-refractivity contribution >= 4 is 34.7 Å². The van der Waals surface area contributed by atoms with E-state index in [-0.39, 0.29) is 11.3 Å². The van der Waals surface area contributed by atoms with Crippen LogP contribution in [0.4, 0.5) is 5.69 Å². The van der Waals surface area contributed by atoms with Gasteiger partial charge in [0.15, 0.2) is 0 Å². The first kappa shape index (κ1) is 20.8. The van der Waals surface area contributed by atoms with Crippen LogP contribution in [-0.4, -0.2) is 23.9 Å². The van der Waals surface area contributed by atoms with E-state index in [0.717, 1.165) is 11.1 Å². The van der Waals surface area contributed by atoms with Crippen LogP contribution < -0.4 is 9.64 Å². The minimum absolute atomic E-state index is 0.0828. The van der Waals surface area contributed by atoms with Crippen molar-refractivity contribution in [1.29, 1.82) is 0 Å². The molecule has 2 heterocycles. The van der Waals surface area contributed by atoms with Gasteiger partial charge in [-0.2, -0.15) is 0 Å². The van der Waals surface area contributed by atoms with Crippen LogP contribution >= 0.6 is 11.6 Å². The van der Waals surface area contributed by atoms with Crippen molar-refractivity contribution in [2.75, 3.05) is 12.0 Å². The summed E-state index contributed by atoms with van der Waals surface area (Å²) in [4.78, 5) is 27.5. The standard InChI is InChI=1S/C24H20ClNO5/c1-13-6-9-18(30-3)16(11-13)22(27)20-21(19-5-4-10-31-19)26(24(29)23(20)28)15-8-7-14(2)17(25)12-15/h4-12,21,27H,1-3H3/b22-20-. The number of carbonyl (C=O) groups excluding carboxylic acids is 2. The van der Waals surface area contributed by atoms with Gasteiger partial charge >= 0.3 is 0 Å². The van der Waals surface area contributed by atoms with Gasteiger partial charge in [-0.25, -0.2) is 0 Å². The largest absolute Gasteiger partial charge is 0.507 e. The summed E-state index contributed by atoms with van der Waals surface area (Å²) in [6.07, 6.45) is 1.45. The van der Waals surface area contributed by atoms with Crippen LogP contribution in [0.5, 0.6) is 5.75 Å². The number of Topliss-reactive ketones (excluding diaryl/α,β-unsaturated/α-hetero) is 1. The van der Waals surface area contributed by atoms with Crippen molar-refractivity contribution in [3.05, 3.63) is 87.8 Å². The molecule has 1 saturated heterocycles. The minimum Gasteiger partial charge on any atom is -0.507 e. The highest BCUT2D eigenvalue weighted by molar-refractivity contribution is 6.51. The number of ether oxygens (including phenoxy) is 1. The van der Waals surface area contributed by atoms with Crippen LogP contribution in [0.25, 0.3) is 5.76 Å². The van der Waals surface area contributed by atoms with Crippen molar-refractivity contribution < 1.29 is 23.8 Å². The van der Waals surface area contributed by atoms with Gasteiger partial charge in [0.1, 0.15) is 23.3 Å². The number of hydrogen-bond acceptors (Lipinski definition) is 5. The summed E-state index contributed by atoms with van der Waals surface area (Å²) in [5, 5.41) is 11.7. The number of carbonyl (C=O) groups is 2. The molecule has 6 nitrogen and oxygen atoms in total.